The molecule has 13 rings (SSSR count). The topological polar surface area (TPSA) is 16.3 Å². The number of rotatable bonds is 4. The lowest BCUT2D eigenvalue weighted by Gasteiger charge is -2.29. The van der Waals surface area contributed by atoms with Crippen molar-refractivity contribution >= 4 is 77.7 Å². The van der Waals surface area contributed by atoms with E-state index in [4.69, 9.17) is 0 Å². The molecule has 4 heteroatoms. The van der Waals surface area contributed by atoms with Crippen molar-refractivity contribution in [1.82, 2.24) is 9.13 Å². The number of aromatic nitrogens is 2. The minimum Gasteiger partial charge on any atom is -0.310 e. The number of para-hydroxylation sites is 5. The van der Waals surface area contributed by atoms with Gasteiger partial charge in [0.15, 0.2) is 0 Å². The molecule has 0 N–H and O–H groups in total. The van der Waals surface area contributed by atoms with Gasteiger partial charge in [-0.25, -0.2) is 0 Å². The summed E-state index contributed by atoms with van der Waals surface area (Å²) in [5.74, 6) is 0. The van der Waals surface area contributed by atoms with E-state index in [2.05, 4.69) is 262 Å². The summed E-state index contributed by atoms with van der Waals surface area (Å²) >= 11 is 0. The van der Waals surface area contributed by atoms with Crippen molar-refractivity contribution in [2.24, 2.45) is 0 Å². The molecule has 3 heterocycles. The van der Waals surface area contributed by atoms with Gasteiger partial charge in [-0.3, -0.25) is 0 Å². The van der Waals surface area contributed by atoms with Gasteiger partial charge in [0.2, 0.25) is 0 Å². The summed E-state index contributed by atoms with van der Waals surface area (Å²) in [6.07, 6.45) is 0. The SMILES string of the molecule is c1ccc(-n2c3ccccc3c3c(N4c5cccc(c5)-c5cccc(c5)N(c5cccc6c7ccccc7n(-c7ccccc7)c56)c5cccc(c5)-c5cccc4c5)cccc32)cc1. The van der Waals surface area contributed by atoms with Crippen LogP contribution in [0.1, 0.15) is 0 Å². The van der Waals surface area contributed by atoms with E-state index in [1.807, 2.05) is 0 Å². The minimum absolute atomic E-state index is 1.08. The Morgan fingerprint density at radius 1 is 0.234 bits per heavy atom. The van der Waals surface area contributed by atoms with Gasteiger partial charge in [0, 0.05) is 55.7 Å². The highest BCUT2D eigenvalue weighted by atomic mass is 15.2. The lowest BCUT2D eigenvalue weighted by atomic mass is 9.99. The second kappa shape index (κ2) is 14.5. The van der Waals surface area contributed by atoms with E-state index in [-0.39, 0.29) is 0 Å². The number of hydrogen-bond acceptors (Lipinski definition) is 2. The van der Waals surface area contributed by atoms with Gasteiger partial charge in [0.25, 0.3) is 0 Å². The maximum atomic E-state index is 2.45. The molecule has 64 heavy (non-hydrogen) atoms. The van der Waals surface area contributed by atoms with Crippen molar-refractivity contribution in [3.63, 3.8) is 0 Å². The summed E-state index contributed by atoms with van der Waals surface area (Å²) in [6, 6.07) is 88.7. The fourth-order valence-electron chi connectivity index (χ4n) is 10.2. The first-order chi connectivity index (χ1) is 31.8. The quantitative estimate of drug-likeness (QED) is 0.176. The average Bonchev–Trinajstić information content (AvgIpc) is 3.89. The Hall–Kier alpha value is -8.60. The van der Waals surface area contributed by atoms with Gasteiger partial charge in [-0.2, -0.15) is 0 Å². The zero-order chi connectivity index (χ0) is 42.1. The van der Waals surface area contributed by atoms with E-state index in [1.165, 1.54) is 38.1 Å². The van der Waals surface area contributed by atoms with E-state index in [1.54, 1.807) is 0 Å². The van der Waals surface area contributed by atoms with E-state index in [9.17, 15) is 0 Å². The molecule has 0 atom stereocenters. The summed E-state index contributed by atoms with van der Waals surface area (Å²) in [5.41, 5.74) is 18.1. The van der Waals surface area contributed by atoms with Gasteiger partial charge in [-0.1, -0.05) is 140 Å². The monoisotopic (exact) mass is 816 g/mol. The molecular weight excluding hydrogens is 777 g/mol. The molecule has 0 aliphatic carbocycles. The molecule has 12 aromatic rings. The molecule has 0 amide bonds. The molecule has 0 spiro atoms. The van der Waals surface area contributed by atoms with Crippen molar-refractivity contribution in [3.8, 4) is 33.6 Å². The van der Waals surface area contributed by atoms with E-state index in [0.29, 0.717) is 0 Å². The predicted octanol–water partition coefficient (Wildman–Crippen LogP) is 16.5. The highest BCUT2D eigenvalue weighted by Crippen LogP contribution is 2.48. The zero-order valence-corrected chi connectivity index (χ0v) is 34.9. The fraction of sp³-hybridized carbons (Fsp3) is 0. The first-order valence-corrected chi connectivity index (χ1v) is 21.9. The maximum Gasteiger partial charge on any atom is 0.0782 e. The van der Waals surface area contributed by atoms with Crippen LogP contribution in [0.15, 0.2) is 243 Å². The second-order valence-electron chi connectivity index (χ2n) is 16.6. The van der Waals surface area contributed by atoms with Crippen molar-refractivity contribution in [2.45, 2.75) is 0 Å². The van der Waals surface area contributed by atoms with Crippen LogP contribution in [-0.4, -0.2) is 9.13 Å². The van der Waals surface area contributed by atoms with Crippen LogP contribution in [-0.2, 0) is 0 Å². The Morgan fingerprint density at radius 3 is 1.17 bits per heavy atom. The molecule has 8 bridgehead atoms. The molecule has 0 radical (unpaired) electrons. The summed E-state index contributed by atoms with van der Waals surface area (Å²) in [4.78, 5) is 4.90. The van der Waals surface area contributed by atoms with Gasteiger partial charge >= 0.3 is 0 Å². The van der Waals surface area contributed by atoms with Gasteiger partial charge < -0.3 is 18.9 Å². The summed E-state index contributed by atoms with van der Waals surface area (Å²) in [7, 11) is 0. The van der Waals surface area contributed by atoms with Gasteiger partial charge in [-0.05, 0) is 125 Å². The van der Waals surface area contributed by atoms with Crippen LogP contribution in [0, 0.1) is 0 Å². The Kier molecular flexibility index (Phi) is 8.18. The molecule has 4 nitrogen and oxygen atoms in total. The molecule has 10 aromatic carbocycles. The first-order valence-electron chi connectivity index (χ1n) is 21.9. The van der Waals surface area contributed by atoms with Gasteiger partial charge in [-0.15, -0.1) is 0 Å². The molecule has 1 aliphatic rings. The Bertz CT molecular complexity index is 3660. The van der Waals surface area contributed by atoms with Crippen LogP contribution in [0.4, 0.5) is 34.1 Å². The van der Waals surface area contributed by atoms with Crippen LogP contribution < -0.4 is 9.80 Å². The molecule has 2 aromatic heterocycles. The van der Waals surface area contributed by atoms with Crippen molar-refractivity contribution in [2.75, 3.05) is 9.80 Å². The standard InChI is InChI=1S/C60H40N4/c1-3-21-45(22-4-1)63-55-33-10-8-30-53(55)59-56(34-16-35-57(59)63)61-47-25-11-17-41(37-47)43-19-13-27-49(39-43)62(50-28-14-20-44(40-50)42-18-12-26-48(61)38-42)58-36-15-31-52-51-29-7-9-32-54(51)64(60(52)58)46-23-5-2-6-24-46/h1-40H. The fourth-order valence-corrected chi connectivity index (χ4v) is 10.2. The average molecular weight is 817 g/mol. The Labute approximate surface area is 371 Å². The number of hydrogen-bond donors (Lipinski definition) is 0. The Morgan fingerprint density at radius 2 is 0.609 bits per heavy atom. The number of fused-ring (bicyclic) bond motifs is 16. The largest absolute Gasteiger partial charge is 0.310 e. The van der Waals surface area contributed by atoms with E-state index >= 15 is 0 Å². The van der Waals surface area contributed by atoms with E-state index < -0.39 is 0 Å². The third-order valence-electron chi connectivity index (χ3n) is 12.9. The third kappa shape index (κ3) is 5.63. The minimum atomic E-state index is 1.08. The molecule has 0 saturated heterocycles. The molecule has 1 aliphatic heterocycles. The van der Waals surface area contributed by atoms with Gasteiger partial charge in [0.05, 0.1) is 33.4 Å². The second-order valence-corrected chi connectivity index (χ2v) is 16.6. The van der Waals surface area contributed by atoms with Crippen molar-refractivity contribution < 1.29 is 0 Å². The summed E-state index contributed by atoms with van der Waals surface area (Å²) in [6.45, 7) is 0. The zero-order valence-electron chi connectivity index (χ0n) is 34.9. The van der Waals surface area contributed by atoms with Crippen LogP contribution in [0.25, 0.3) is 77.2 Å². The van der Waals surface area contributed by atoms with Gasteiger partial charge in [0.1, 0.15) is 0 Å². The highest BCUT2D eigenvalue weighted by molar-refractivity contribution is 6.17. The van der Waals surface area contributed by atoms with Crippen LogP contribution in [0.3, 0.4) is 0 Å². The first kappa shape index (κ1) is 36.1. The molecule has 0 saturated carbocycles. The lowest BCUT2D eigenvalue weighted by molar-refractivity contribution is 1.17. The maximum absolute atomic E-state index is 2.45. The predicted molar refractivity (Wildman–Crippen MR) is 269 cm³/mol. The van der Waals surface area contributed by atoms with Crippen molar-refractivity contribution in [1.29, 1.82) is 0 Å². The molecular formula is C60H40N4. The Balaban J connectivity index is 1.07. The van der Waals surface area contributed by atoms with Crippen molar-refractivity contribution in [3.05, 3.63) is 243 Å². The number of nitrogens with zero attached hydrogens (tertiary/aromatic N) is 4. The van der Waals surface area contributed by atoms with Crippen LogP contribution in [0.5, 0.6) is 0 Å². The number of benzene rings is 10. The summed E-state index contributed by atoms with van der Waals surface area (Å²) < 4.78 is 4.83. The number of anilines is 6. The third-order valence-corrected chi connectivity index (χ3v) is 12.9. The highest BCUT2D eigenvalue weighted by Gasteiger charge is 2.25. The molecule has 300 valence electrons. The summed E-state index contributed by atoms with van der Waals surface area (Å²) in [5, 5.41) is 4.86. The molecule has 0 fully saturated rings. The smallest absolute Gasteiger partial charge is 0.0782 e. The van der Waals surface area contributed by atoms with Crippen LogP contribution >= 0.6 is 0 Å². The molecule has 0 unspecified atom stereocenters. The van der Waals surface area contributed by atoms with Crippen LogP contribution in [0.2, 0.25) is 0 Å². The lowest BCUT2D eigenvalue weighted by Crippen LogP contribution is -2.12. The van der Waals surface area contributed by atoms with E-state index in [0.717, 1.165) is 73.3 Å². The normalized spacial score (nSPS) is 12.3.